The third-order valence-electron chi connectivity index (χ3n) is 8.20. The number of nitrogens with one attached hydrogen (secondary N) is 1. The van der Waals surface area contributed by atoms with Crippen LogP contribution in [0.5, 0.6) is 0 Å². The standard InChI is InChI=1S/C35H42N4O2/c1-27-14-13-17-29(24-27)35(41)36-23-12-4-9-22-33-37-31-20-10-11-21-32(31)39(33)26-34(40)38(30-18-7-3-8-19-30)25-28-15-5-2-6-16-28/h2,5-6,10-11,13-17,20-21,24,30H,3-4,7-9,12,18-19,22-23,25-26H2,1H3,(H,36,41). The molecule has 1 aliphatic carbocycles. The molecule has 1 saturated carbocycles. The summed E-state index contributed by atoms with van der Waals surface area (Å²) in [7, 11) is 0. The molecule has 6 heteroatoms. The number of hydrogen-bond donors (Lipinski definition) is 1. The lowest BCUT2D eigenvalue weighted by Gasteiger charge is -2.35. The smallest absolute Gasteiger partial charge is 0.251 e. The fraction of sp³-hybridized carbons (Fsp3) is 0.400. The number of benzene rings is 3. The van der Waals surface area contributed by atoms with E-state index < -0.39 is 0 Å². The first-order chi connectivity index (χ1) is 20.1. The number of para-hydroxylation sites is 2. The summed E-state index contributed by atoms with van der Waals surface area (Å²) in [4.78, 5) is 33.5. The van der Waals surface area contributed by atoms with E-state index in [2.05, 4.69) is 33.0 Å². The van der Waals surface area contributed by atoms with Gasteiger partial charge >= 0.3 is 0 Å². The molecule has 0 aliphatic heterocycles. The van der Waals surface area contributed by atoms with Gasteiger partial charge in [-0.05, 0) is 62.4 Å². The van der Waals surface area contributed by atoms with Crippen LogP contribution in [0, 0.1) is 6.92 Å². The molecule has 4 aromatic rings. The maximum Gasteiger partial charge on any atom is 0.251 e. The van der Waals surface area contributed by atoms with Crippen molar-refractivity contribution in [2.24, 2.45) is 0 Å². The molecule has 1 aliphatic rings. The van der Waals surface area contributed by atoms with Gasteiger partial charge in [0.2, 0.25) is 5.91 Å². The molecule has 0 unspecified atom stereocenters. The van der Waals surface area contributed by atoms with Gasteiger partial charge < -0.3 is 14.8 Å². The van der Waals surface area contributed by atoms with E-state index in [0.717, 1.165) is 60.9 Å². The van der Waals surface area contributed by atoms with Crippen LogP contribution in [0.25, 0.3) is 11.0 Å². The van der Waals surface area contributed by atoms with E-state index in [0.29, 0.717) is 31.2 Å². The van der Waals surface area contributed by atoms with Crippen LogP contribution < -0.4 is 5.32 Å². The fourth-order valence-corrected chi connectivity index (χ4v) is 5.99. The molecular formula is C35H42N4O2. The van der Waals surface area contributed by atoms with Gasteiger partial charge in [0, 0.05) is 31.1 Å². The van der Waals surface area contributed by atoms with E-state index in [9.17, 15) is 9.59 Å². The number of unbranched alkanes of at least 4 members (excludes halogenated alkanes) is 2. The highest BCUT2D eigenvalue weighted by atomic mass is 16.2. The summed E-state index contributed by atoms with van der Waals surface area (Å²) in [5.74, 6) is 1.11. The molecule has 214 valence electrons. The van der Waals surface area contributed by atoms with Crippen LogP contribution in [-0.4, -0.2) is 38.9 Å². The molecule has 2 amide bonds. The average molecular weight is 551 g/mol. The Balaban J connectivity index is 1.22. The number of aromatic nitrogens is 2. The Morgan fingerprint density at radius 1 is 0.902 bits per heavy atom. The summed E-state index contributed by atoms with van der Waals surface area (Å²) < 4.78 is 2.14. The molecule has 0 spiro atoms. The van der Waals surface area contributed by atoms with Crippen molar-refractivity contribution in [3.8, 4) is 0 Å². The maximum atomic E-state index is 14.0. The van der Waals surface area contributed by atoms with E-state index >= 15 is 0 Å². The lowest BCUT2D eigenvalue weighted by Crippen LogP contribution is -2.42. The van der Waals surface area contributed by atoms with Crippen LogP contribution in [0.3, 0.4) is 0 Å². The third-order valence-corrected chi connectivity index (χ3v) is 8.20. The zero-order valence-electron chi connectivity index (χ0n) is 24.2. The number of imidazole rings is 1. The Kier molecular flexibility index (Phi) is 9.84. The Labute approximate surface area is 243 Å². The lowest BCUT2D eigenvalue weighted by atomic mass is 9.93. The normalized spacial score (nSPS) is 13.8. The third kappa shape index (κ3) is 7.63. The summed E-state index contributed by atoms with van der Waals surface area (Å²) in [6.07, 6.45) is 9.44. The first kappa shape index (κ1) is 28.6. The van der Waals surface area contributed by atoms with Crippen LogP contribution >= 0.6 is 0 Å². The first-order valence-corrected chi connectivity index (χ1v) is 15.2. The molecule has 1 fully saturated rings. The molecule has 1 heterocycles. The second-order valence-corrected chi connectivity index (χ2v) is 11.3. The van der Waals surface area contributed by atoms with Crippen molar-refractivity contribution in [1.82, 2.24) is 19.8 Å². The molecular weight excluding hydrogens is 508 g/mol. The van der Waals surface area contributed by atoms with Crippen molar-refractivity contribution in [1.29, 1.82) is 0 Å². The second-order valence-electron chi connectivity index (χ2n) is 11.3. The molecule has 5 rings (SSSR count). The molecule has 1 N–H and O–H groups in total. The van der Waals surface area contributed by atoms with Gasteiger partial charge in [-0.25, -0.2) is 4.98 Å². The largest absolute Gasteiger partial charge is 0.352 e. The number of hydrogen-bond acceptors (Lipinski definition) is 3. The molecule has 41 heavy (non-hydrogen) atoms. The van der Waals surface area contributed by atoms with Crippen molar-refractivity contribution < 1.29 is 9.59 Å². The number of amides is 2. The van der Waals surface area contributed by atoms with Gasteiger partial charge in [-0.3, -0.25) is 9.59 Å². The predicted octanol–water partition coefficient (Wildman–Crippen LogP) is 6.85. The Bertz CT molecular complexity index is 1440. The van der Waals surface area contributed by atoms with Gasteiger partial charge in [-0.1, -0.05) is 85.8 Å². The molecule has 3 aromatic carbocycles. The van der Waals surface area contributed by atoms with Crippen LogP contribution in [-0.2, 0) is 24.3 Å². The van der Waals surface area contributed by atoms with Gasteiger partial charge in [-0.15, -0.1) is 0 Å². The number of carbonyl (C=O) groups is 2. The van der Waals surface area contributed by atoms with Gasteiger partial charge in [0.25, 0.3) is 5.91 Å². The molecule has 0 saturated heterocycles. The highest BCUT2D eigenvalue weighted by molar-refractivity contribution is 5.94. The summed E-state index contributed by atoms with van der Waals surface area (Å²) in [5.41, 5.74) is 4.92. The summed E-state index contributed by atoms with van der Waals surface area (Å²) in [6, 6.07) is 26.5. The quantitative estimate of drug-likeness (QED) is 0.196. The molecule has 0 bridgehead atoms. The molecule has 1 aromatic heterocycles. The van der Waals surface area contributed by atoms with Gasteiger partial charge in [-0.2, -0.15) is 0 Å². The number of aryl methyl sites for hydroxylation is 2. The van der Waals surface area contributed by atoms with E-state index in [1.54, 1.807) is 0 Å². The highest BCUT2D eigenvalue weighted by Crippen LogP contribution is 2.26. The Morgan fingerprint density at radius 3 is 2.49 bits per heavy atom. The minimum atomic E-state index is -0.0213. The Morgan fingerprint density at radius 2 is 1.68 bits per heavy atom. The topological polar surface area (TPSA) is 67.2 Å². The van der Waals surface area contributed by atoms with E-state index in [-0.39, 0.29) is 11.8 Å². The van der Waals surface area contributed by atoms with Crippen LogP contribution in [0.2, 0.25) is 0 Å². The Hall–Kier alpha value is -3.93. The van der Waals surface area contributed by atoms with Crippen molar-refractivity contribution in [3.63, 3.8) is 0 Å². The van der Waals surface area contributed by atoms with Crippen LogP contribution in [0.15, 0.2) is 78.9 Å². The van der Waals surface area contributed by atoms with Crippen molar-refractivity contribution >= 4 is 22.8 Å². The van der Waals surface area contributed by atoms with E-state index in [4.69, 9.17) is 4.98 Å². The van der Waals surface area contributed by atoms with Crippen LogP contribution in [0.4, 0.5) is 0 Å². The number of fused-ring (bicyclic) bond motifs is 1. The predicted molar refractivity (Wildman–Crippen MR) is 165 cm³/mol. The number of rotatable bonds is 12. The van der Waals surface area contributed by atoms with Crippen molar-refractivity contribution in [2.45, 2.75) is 83.8 Å². The summed E-state index contributed by atoms with van der Waals surface area (Å²) in [6.45, 7) is 3.61. The van der Waals surface area contributed by atoms with Gasteiger partial charge in [0.05, 0.1) is 11.0 Å². The van der Waals surface area contributed by atoms with E-state index in [1.807, 2.05) is 67.6 Å². The van der Waals surface area contributed by atoms with Gasteiger partial charge in [0.15, 0.2) is 0 Å². The number of nitrogens with zero attached hydrogens (tertiary/aromatic N) is 3. The monoisotopic (exact) mass is 550 g/mol. The first-order valence-electron chi connectivity index (χ1n) is 15.2. The average Bonchev–Trinajstić information content (AvgIpc) is 3.35. The SMILES string of the molecule is Cc1cccc(C(=O)NCCCCCc2nc3ccccc3n2CC(=O)N(Cc2ccccc2)C2CCCCC2)c1. The molecule has 6 nitrogen and oxygen atoms in total. The molecule has 0 radical (unpaired) electrons. The van der Waals surface area contributed by atoms with Crippen molar-refractivity contribution in [2.75, 3.05) is 6.54 Å². The summed E-state index contributed by atoms with van der Waals surface area (Å²) >= 11 is 0. The summed E-state index contributed by atoms with van der Waals surface area (Å²) in [5, 5.41) is 3.04. The fourth-order valence-electron chi connectivity index (χ4n) is 5.99. The van der Waals surface area contributed by atoms with Crippen molar-refractivity contribution in [3.05, 3.63) is 101 Å². The second kappa shape index (κ2) is 14.1. The maximum absolute atomic E-state index is 14.0. The minimum Gasteiger partial charge on any atom is -0.352 e. The van der Waals surface area contributed by atoms with Crippen LogP contribution in [0.1, 0.15) is 78.7 Å². The molecule has 0 atom stereocenters. The number of carbonyl (C=O) groups excluding carboxylic acids is 2. The zero-order valence-corrected chi connectivity index (χ0v) is 24.2. The minimum absolute atomic E-state index is 0.0213. The zero-order chi connectivity index (χ0) is 28.4. The van der Waals surface area contributed by atoms with E-state index in [1.165, 1.54) is 24.8 Å². The lowest BCUT2D eigenvalue weighted by molar-refractivity contribution is -0.135. The van der Waals surface area contributed by atoms with Gasteiger partial charge in [0.1, 0.15) is 12.4 Å². The highest BCUT2D eigenvalue weighted by Gasteiger charge is 2.27.